The molecular weight excluding hydrogens is 370 g/mol. The van der Waals surface area contributed by atoms with Gasteiger partial charge in [-0.05, 0) is 11.6 Å². The van der Waals surface area contributed by atoms with Crippen molar-refractivity contribution in [3.63, 3.8) is 0 Å². The second-order valence-electron chi connectivity index (χ2n) is 6.87. The molecule has 6 nitrogen and oxygen atoms in total. The second-order valence-corrected chi connectivity index (χ2v) is 6.87. The highest BCUT2D eigenvalue weighted by Crippen LogP contribution is 2.45. The number of phenolic OH excluding ortho intramolecular Hbond substituents is 1. The molecule has 0 amide bonds. The van der Waals surface area contributed by atoms with Crippen molar-refractivity contribution >= 4 is 16.9 Å². The van der Waals surface area contributed by atoms with Gasteiger partial charge in [0.25, 0.3) is 0 Å². The van der Waals surface area contributed by atoms with Crippen molar-refractivity contribution in [3.8, 4) is 22.8 Å². The van der Waals surface area contributed by atoms with Gasteiger partial charge in [0.05, 0.1) is 6.42 Å². The first-order valence-electron chi connectivity index (χ1n) is 9.11. The van der Waals surface area contributed by atoms with Crippen molar-refractivity contribution in [2.45, 2.75) is 12.3 Å². The maximum Gasteiger partial charge on any atom is 0.312 e. The SMILES string of the molecule is O=C1CC(c2cccnc2)c2c(cc(O)c3c(=O)cc(-c4ccccc4)oc23)O1. The number of carbonyl (C=O) groups is 1. The molecule has 0 saturated carbocycles. The summed E-state index contributed by atoms with van der Waals surface area (Å²) in [6.45, 7) is 0. The van der Waals surface area contributed by atoms with E-state index < -0.39 is 11.9 Å². The molecule has 1 atom stereocenters. The smallest absolute Gasteiger partial charge is 0.312 e. The monoisotopic (exact) mass is 385 g/mol. The van der Waals surface area contributed by atoms with Crippen LogP contribution in [-0.4, -0.2) is 16.1 Å². The van der Waals surface area contributed by atoms with Crippen LogP contribution in [0.2, 0.25) is 0 Å². The number of phenols is 1. The molecule has 4 aromatic rings. The van der Waals surface area contributed by atoms with Crippen LogP contribution in [0.25, 0.3) is 22.3 Å². The first-order valence-corrected chi connectivity index (χ1v) is 9.11. The number of esters is 1. The quantitative estimate of drug-likeness (QED) is 0.414. The Bertz CT molecular complexity index is 1300. The van der Waals surface area contributed by atoms with Gasteiger partial charge in [-0.25, -0.2) is 0 Å². The second kappa shape index (κ2) is 6.60. The van der Waals surface area contributed by atoms with E-state index in [1.54, 1.807) is 18.5 Å². The molecule has 0 saturated heterocycles. The zero-order chi connectivity index (χ0) is 20.0. The van der Waals surface area contributed by atoms with E-state index >= 15 is 0 Å². The van der Waals surface area contributed by atoms with E-state index in [1.165, 1.54) is 12.1 Å². The molecule has 5 rings (SSSR count). The predicted octanol–water partition coefficient (Wildman–Crippen LogP) is 4.00. The van der Waals surface area contributed by atoms with E-state index in [0.717, 1.165) is 11.1 Å². The molecule has 2 aromatic carbocycles. The molecule has 3 heterocycles. The van der Waals surface area contributed by atoms with E-state index in [2.05, 4.69) is 4.98 Å². The van der Waals surface area contributed by atoms with Gasteiger partial charge < -0.3 is 14.3 Å². The normalized spacial score (nSPS) is 15.7. The summed E-state index contributed by atoms with van der Waals surface area (Å²) < 4.78 is 11.5. The molecule has 1 N–H and O–H groups in total. The molecule has 2 aromatic heterocycles. The van der Waals surface area contributed by atoms with Crippen molar-refractivity contribution in [1.82, 2.24) is 4.98 Å². The lowest BCUT2D eigenvalue weighted by atomic mass is 9.86. The fourth-order valence-corrected chi connectivity index (χ4v) is 3.77. The molecule has 29 heavy (non-hydrogen) atoms. The molecular formula is C23H15NO5. The molecule has 0 fully saturated rings. The molecule has 0 spiro atoms. The Kier molecular flexibility index (Phi) is 3.91. The number of hydrogen-bond donors (Lipinski definition) is 1. The number of nitrogens with zero attached hydrogens (tertiary/aromatic N) is 1. The van der Waals surface area contributed by atoms with E-state index in [0.29, 0.717) is 11.3 Å². The zero-order valence-corrected chi connectivity index (χ0v) is 15.2. The lowest BCUT2D eigenvalue weighted by Gasteiger charge is -2.25. The number of ether oxygens (including phenoxy) is 1. The minimum Gasteiger partial charge on any atom is -0.507 e. The summed E-state index contributed by atoms with van der Waals surface area (Å²) in [6, 6.07) is 15.5. The van der Waals surface area contributed by atoms with Crippen molar-refractivity contribution in [3.05, 3.63) is 88.3 Å². The maximum absolute atomic E-state index is 12.8. The zero-order valence-electron chi connectivity index (χ0n) is 15.2. The topological polar surface area (TPSA) is 89.6 Å². The van der Waals surface area contributed by atoms with Gasteiger partial charge in [0.2, 0.25) is 0 Å². The van der Waals surface area contributed by atoms with Crippen molar-refractivity contribution in [2.24, 2.45) is 0 Å². The lowest BCUT2D eigenvalue weighted by Crippen LogP contribution is -2.22. The molecule has 1 unspecified atom stereocenters. The third-order valence-corrected chi connectivity index (χ3v) is 5.07. The van der Waals surface area contributed by atoms with Crippen molar-refractivity contribution in [1.29, 1.82) is 0 Å². The van der Waals surface area contributed by atoms with Gasteiger partial charge in [0, 0.05) is 41.6 Å². The number of aromatic hydroxyl groups is 1. The summed E-state index contributed by atoms with van der Waals surface area (Å²) in [5.41, 5.74) is 1.93. The lowest BCUT2D eigenvalue weighted by molar-refractivity contribution is -0.135. The van der Waals surface area contributed by atoms with Crippen LogP contribution in [0, 0.1) is 0 Å². The number of hydrogen-bond acceptors (Lipinski definition) is 6. The molecule has 0 bridgehead atoms. The molecule has 1 aliphatic heterocycles. The van der Waals surface area contributed by atoms with Crippen LogP contribution in [0.4, 0.5) is 0 Å². The van der Waals surface area contributed by atoms with Crippen LogP contribution in [0.3, 0.4) is 0 Å². The van der Waals surface area contributed by atoms with Gasteiger partial charge in [-0.3, -0.25) is 14.6 Å². The van der Waals surface area contributed by atoms with Crippen molar-refractivity contribution < 1.29 is 19.1 Å². The highest BCUT2D eigenvalue weighted by atomic mass is 16.5. The van der Waals surface area contributed by atoms with Gasteiger partial charge >= 0.3 is 5.97 Å². The van der Waals surface area contributed by atoms with Crippen LogP contribution < -0.4 is 10.2 Å². The minimum absolute atomic E-state index is 0.0651. The Morgan fingerprint density at radius 1 is 1.03 bits per heavy atom. The molecule has 6 heteroatoms. The number of carbonyl (C=O) groups excluding carboxylic acids is 1. The summed E-state index contributed by atoms with van der Waals surface area (Å²) in [5.74, 6) is -0.554. The fraction of sp³-hybridized carbons (Fsp3) is 0.0870. The molecule has 142 valence electrons. The average Bonchev–Trinajstić information content (AvgIpc) is 2.73. The third-order valence-electron chi connectivity index (χ3n) is 5.07. The van der Waals surface area contributed by atoms with Crippen LogP contribution in [0.15, 0.2) is 76.2 Å². The Hall–Kier alpha value is -3.93. The summed E-state index contributed by atoms with van der Waals surface area (Å²) in [4.78, 5) is 29.2. The van der Waals surface area contributed by atoms with Crippen LogP contribution in [-0.2, 0) is 4.79 Å². The van der Waals surface area contributed by atoms with Crippen LogP contribution >= 0.6 is 0 Å². The van der Waals surface area contributed by atoms with Gasteiger partial charge in [0.15, 0.2) is 5.43 Å². The first kappa shape index (κ1) is 17.2. The minimum atomic E-state index is -0.424. The van der Waals surface area contributed by atoms with Gasteiger partial charge in [0.1, 0.15) is 28.2 Å². The standard InChI is InChI=1S/C23H15NO5/c25-16-10-18(13-5-2-1-3-6-13)29-23-21-15(14-7-4-8-24-12-14)9-20(27)28-19(21)11-17(26)22(16)23/h1-8,10-12,15,26H,9H2. The van der Waals surface area contributed by atoms with Crippen molar-refractivity contribution in [2.75, 3.05) is 0 Å². The number of fused-ring (bicyclic) bond motifs is 3. The Labute approximate surface area is 165 Å². The summed E-state index contributed by atoms with van der Waals surface area (Å²) in [6.07, 6.45) is 3.40. The van der Waals surface area contributed by atoms with Crippen LogP contribution in [0.5, 0.6) is 11.5 Å². The largest absolute Gasteiger partial charge is 0.507 e. The first-order chi connectivity index (χ1) is 14.1. The number of benzene rings is 2. The van der Waals surface area contributed by atoms with Gasteiger partial charge in [-0.1, -0.05) is 36.4 Å². The highest BCUT2D eigenvalue weighted by molar-refractivity contribution is 5.93. The fourth-order valence-electron chi connectivity index (χ4n) is 3.77. The molecule has 0 aliphatic carbocycles. The number of aromatic nitrogens is 1. The third kappa shape index (κ3) is 2.86. The van der Waals surface area contributed by atoms with Gasteiger partial charge in [-0.2, -0.15) is 0 Å². The summed E-state index contributed by atoms with van der Waals surface area (Å²) >= 11 is 0. The molecule has 0 radical (unpaired) electrons. The molecule has 1 aliphatic rings. The average molecular weight is 385 g/mol. The maximum atomic E-state index is 12.8. The Balaban J connectivity index is 1.85. The Morgan fingerprint density at radius 3 is 2.62 bits per heavy atom. The van der Waals surface area contributed by atoms with Crippen LogP contribution in [0.1, 0.15) is 23.5 Å². The predicted molar refractivity (Wildman–Crippen MR) is 106 cm³/mol. The summed E-state index contributed by atoms with van der Waals surface area (Å²) in [5, 5.41) is 10.5. The highest BCUT2D eigenvalue weighted by Gasteiger charge is 2.33. The van der Waals surface area contributed by atoms with E-state index in [1.807, 2.05) is 36.4 Å². The Morgan fingerprint density at radius 2 is 1.86 bits per heavy atom. The van der Waals surface area contributed by atoms with E-state index in [4.69, 9.17) is 9.15 Å². The van der Waals surface area contributed by atoms with Gasteiger partial charge in [-0.15, -0.1) is 0 Å². The number of pyridine rings is 1. The number of rotatable bonds is 2. The van der Waals surface area contributed by atoms with E-state index in [-0.39, 0.29) is 34.3 Å². The summed E-state index contributed by atoms with van der Waals surface area (Å²) in [7, 11) is 0. The van der Waals surface area contributed by atoms with E-state index in [9.17, 15) is 14.7 Å².